The molecule has 182 valence electrons. The van der Waals surface area contributed by atoms with Crippen LogP contribution in [0, 0.1) is 11.8 Å². The Morgan fingerprint density at radius 2 is 1.26 bits per heavy atom. The number of ether oxygens (including phenoxy) is 3. The van der Waals surface area contributed by atoms with Gasteiger partial charge < -0.3 is 19.3 Å². The van der Waals surface area contributed by atoms with Crippen LogP contribution in [0.5, 0.6) is 17.2 Å². The van der Waals surface area contributed by atoms with Gasteiger partial charge in [-0.2, -0.15) is 0 Å². The molecular formula is C26H24O9. The summed E-state index contributed by atoms with van der Waals surface area (Å²) in [5, 5.41) is 9.05. The van der Waals surface area contributed by atoms with Gasteiger partial charge in [0, 0.05) is 0 Å². The smallest absolute Gasteiger partial charge is 0.343 e. The Bertz CT molecular complexity index is 1110. The van der Waals surface area contributed by atoms with Crippen LogP contribution < -0.4 is 14.2 Å². The number of allylic oxidation sites excluding steroid dienone is 1. The minimum Gasteiger partial charge on any atom is -0.481 e. The number of esters is 3. The molecule has 0 saturated heterocycles. The lowest BCUT2D eigenvalue weighted by Gasteiger charge is -2.24. The van der Waals surface area contributed by atoms with Crippen LogP contribution >= 0.6 is 0 Å². The Labute approximate surface area is 201 Å². The predicted octanol–water partition coefficient (Wildman–Crippen LogP) is 3.75. The molecule has 9 heteroatoms. The number of carboxylic acid groups (broad SMARTS) is 1. The number of carbonyl (C=O) groups excluding carboxylic acids is 4. The molecule has 0 amide bonds. The molecule has 0 unspecified atom stereocenters. The van der Waals surface area contributed by atoms with Crippen LogP contribution in [0.1, 0.15) is 42.5 Å². The number of benzene rings is 2. The molecule has 1 N–H and O–H groups in total. The van der Waals surface area contributed by atoms with Crippen LogP contribution in [0.15, 0.2) is 61.2 Å². The minimum absolute atomic E-state index is 0.189. The predicted molar refractivity (Wildman–Crippen MR) is 122 cm³/mol. The van der Waals surface area contributed by atoms with E-state index in [-0.39, 0.29) is 28.7 Å². The van der Waals surface area contributed by atoms with Crippen LogP contribution in [0.3, 0.4) is 0 Å². The Morgan fingerprint density at radius 3 is 1.80 bits per heavy atom. The second kappa shape index (κ2) is 11.7. The number of carboxylic acids is 1. The van der Waals surface area contributed by atoms with E-state index in [1.807, 2.05) is 0 Å². The van der Waals surface area contributed by atoms with Crippen molar-refractivity contribution in [1.82, 2.24) is 0 Å². The summed E-state index contributed by atoms with van der Waals surface area (Å²) in [6.45, 7) is 3.28. The van der Waals surface area contributed by atoms with Crippen LogP contribution in [0.2, 0.25) is 0 Å². The fraction of sp³-hybridized carbons (Fsp3) is 0.269. The summed E-state index contributed by atoms with van der Waals surface area (Å²) in [4.78, 5) is 58.6. The molecule has 3 rings (SSSR count). The SMILES string of the molecule is C=CC(=O)CC(=O)Oc1ccc(OC(=O)c2ccc(OC(=O)C3CCC(C(=O)O)CC3)cc2)cc1. The van der Waals surface area contributed by atoms with E-state index >= 15 is 0 Å². The fourth-order valence-corrected chi connectivity index (χ4v) is 3.56. The van der Waals surface area contributed by atoms with Crippen LogP contribution in [0.4, 0.5) is 0 Å². The topological polar surface area (TPSA) is 133 Å². The zero-order valence-electron chi connectivity index (χ0n) is 18.8. The van der Waals surface area contributed by atoms with Crippen molar-refractivity contribution in [2.24, 2.45) is 11.8 Å². The van der Waals surface area contributed by atoms with Crippen molar-refractivity contribution < 1.29 is 43.3 Å². The van der Waals surface area contributed by atoms with Gasteiger partial charge in [0.15, 0.2) is 5.78 Å². The van der Waals surface area contributed by atoms with Crippen molar-refractivity contribution in [1.29, 1.82) is 0 Å². The first kappa shape index (κ1) is 25.4. The van der Waals surface area contributed by atoms with Gasteiger partial charge in [0.1, 0.15) is 23.7 Å². The molecule has 1 fully saturated rings. The molecule has 1 aliphatic rings. The first-order chi connectivity index (χ1) is 16.7. The van der Waals surface area contributed by atoms with E-state index in [1.165, 1.54) is 48.5 Å². The Kier molecular flexibility index (Phi) is 8.50. The summed E-state index contributed by atoms with van der Waals surface area (Å²) in [6.07, 6.45) is 2.43. The summed E-state index contributed by atoms with van der Waals surface area (Å²) in [5.74, 6) is -3.17. The van der Waals surface area contributed by atoms with Gasteiger partial charge in [-0.15, -0.1) is 0 Å². The van der Waals surface area contributed by atoms with Crippen LogP contribution in [-0.2, 0) is 19.2 Å². The monoisotopic (exact) mass is 480 g/mol. The van der Waals surface area contributed by atoms with Gasteiger partial charge in [-0.05, 0) is 80.3 Å². The maximum atomic E-state index is 12.4. The molecule has 35 heavy (non-hydrogen) atoms. The van der Waals surface area contributed by atoms with Crippen molar-refractivity contribution in [3.8, 4) is 17.2 Å². The third kappa shape index (κ3) is 7.36. The van der Waals surface area contributed by atoms with Gasteiger partial charge >= 0.3 is 23.9 Å². The Hall–Kier alpha value is -4.27. The van der Waals surface area contributed by atoms with Gasteiger partial charge in [0.2, 0.25) is 0 Å². The molecule has 0 spiro atoms. The molecule has 1 saturated carbocycles. The highest BCUT2D eigenvalue weighted by atomic mass is 16.5. The van der Waals surface area contributed by atoms with Crippen LogP contribution in [-0.4, -0.2) is 34.8 Å². The largest absolute Gasteiger partial charge is 0.481 e. The third-order valence-corrected chi connectivity index (χ3v) is 5.53. The van der Waals surface area contributed by atoms with Crippen LogP contribution in [0.25, 0.3) is 0 Å². The average Bonchev–Trinajstić information content (AvgIpc) is 2.85. The van der Waals surface area contributed by atoms with Crippen molar-refractivity contribution in [2.75, 3.05) is 0 Å². The molecule has 2 aromatic carbocycles. The Morgan fingerprint density at radius 1 is 0.771 bits per heavy atom. The maximum Gasteiger partial charge on any atom is 0.343 e. The van der Waals surface area contributed by atoms with E-state index in [4.69, 9.17) is 19.3 Å². The molecule has 0 radical (unpaired) electrons. The van der Waals surface area contributed by atoms with Crippen molar-refractivity contribution >= 4 is 29.7 Å². The number of hydrogen-bond donors (Lipinski definition) is 1. The quantitative estimate of drug-likeness (QED) is 0.246. The highest BCUT2D eigenvalue weighted by Crippen LogP contribution is 2.30. The van der Waals surface area contributed by atoms with E-state index < -0.39 is 42.0 Å². The molecule has 0 heterocycles. The zero-order chi connectivity index (χ0) is 25.4. The first-order valence-corrected chi connectivity index (χ1v) is 11.0. The van der Waals surface area contributed by atoms with E-state index in [1.54, 1.807) is 0 Å². The molecule has 1 aliphatic carbocycles. The molecule has 0 aromatic heterocycles. The highest BCUT2D eigenvalue weighted by molar-refractivity contribution is 6.02. The molecule has 9 nitrogen and oxygen atoms in total. The lowest BCUT2D eigenvalue weighted by atomic mass is 9.82. The number of aliphatic carboxylic acids is 1. The zero-order valence-corrected chi connectivity index (χ0v) is 18.8. The Balaban J connectivity index is 1.49. The van der Waals surface area contributed by atoms with Gasteiger partial charge in [-0.25, -0.2) is 4.79 Å². The van der Waals surface area contributed by atoms with E-state index in [2.05, 4.69) is 6.58 Å². The van der Waals surface area contributed by atoms with E-state index in [9.17, 15) is 24.0 Å². The first-order valence-electron chi connectivity index (χ1n) is 11.0. The number of rotatable bonds is 9. The number of hydrogen-bond acceptors (Lipinski definition) is 8. The van der Waals surface area contributed by atoms with Gasteiger partial charge in [-0.1, -0.05) is 6.58 Å². The van der Waals surface area contributed by atoms with Gasteiger partial charge in [-0.3, -0.25) is 19.2 Å². The summed E-state index contributed by atoms with van der Waals surface area (Å²) < 4.78 is 15.7. The van der Waals surface area contributed by atoms with Gasteiger partial charge in [0.25, 0.3) is 0 Å². The standard InChI is InChI=1S/C26H24O9/c1-2-19(27)15-23(28)33-20-11-13-22(14-12-20)35-26(32)18-7-9-21(10-8-18)34-25(31)17-5-3-16(4-6-17)24(29)30/h2,7-14,16-17H,1,3-6,15H2,(H,29,30). The summed E-state index contributed by atoms with van der Waals surface area (Å²) in [7, 11) is 0. The highest BCUT2D eigenvalue weighted by Gasteiger charge is 2.30. The van der Waals surface area contributed by atoms with Crippen molar-refractivity contribution in [3.63, 3.8) is 0 Å². The van der Waals surface area contributed by atoms with Crippen molar-refractivity contribution in [3.05, 3.63) is 66.7 Å². The molecule has 2 aromatic rings. The van der Waals surface area contributed by atoms with E-state index in [0.29, 0.717) is 25.7 Å². The van der Waals surface area contributed by atoms with Crippen molar-refractivity contribution in [2.45, 2.75) is 32.1 Å². The third-order valence-electron chi connectivity index (χ3n) is 5.53. The minimum atomic E-state index is -0.837. The second-order valence-electron chi connectivity index (χ2n) is 8.01. The normalized spacial score (nSPS) is 17.0. The number of carbonyl (C=O) groups is 5. The average molecular weight is 480 g/mol. The fourth-order valence-electron chi connectivity index (χ4n) is 3.56. The second-order valence-corrected chi connectivity index (χ2v) is 8.01. The van der Waals surface area contributed by atoms with E-state index in [0.717, 1.165) is 6.08 Å². The molecule has 0 aliphatic heterocycles. The summed E-state index contributed by atoms with van der Waals surface area (Å²) in [5.41, 5.74) is 0.227. The molecule has 0 atom stereocenters. The maximum absolute atomic E-state index is 12.4. The lowest BCUT2D eigenvalue weighted by Crippen LogP contribution is -2.28. The number of ketones is 1. The summed E-state index contributed by atoms with van der Waals surface area (Å²) >= 11 is 0. The van der Waals surface area contributed by atoms with Gasteiger partial charge in [0.05, 0.1) is 17.4 Å². The lowest BCUT2D eigenvalue weighted by molar-refractivity contribution is -0.146. The summed E-state index contributed by atoms with van der Waals surface area (Å²) in [6, 6.07) is 11.6. The molecule has 0 bridgehead atoms. The molecular weight excluding hydrogens is 456 g/mol.